The van der Waals surface area contributed by atoms with Gasteiger partial charge in [-0.25, -0.2) is 0 Å². The highest BCUT2D eigenvalue weighted by Crippen LogP contribution is 2.21. The highest BCUT2D eigenvalue weighted by Gasteiger charge is 2.16. The van der Waals surface area contributed by atoms with Gasteiger partial charge in [0, 0.05) is 18.0 Å². The molecule has 0 aliphatic heterocycles. The van der Waals surface area contributed by atoms with Crippen molar-refractivity contribution in [2.75, 3.05) is 5.43 Å². The Labute approximate surface area is 134 Å². The summed E-state index contributed by atoms with van der Waals surface area (Å²) in [6, 6.07) is 17.1. The maximum absolute atomic E-state index is 11.0. The van der Waals surface area contributed by atoms with Crippen LogP contribution in [0.15, 0.2) is 60.8 Å². The predicted octanol–water partition coefficient (Wildman–Crippen LogP) is 2.34. The summed E-state index contributed by atoms with van der Waals surface area (Å²) in [6.45, 7) is 0.684. The van der Waals surface area contributed by atoms with E-state index in [0.29, 0.717) is 13.0 Å². The van der Waals surface area contributed by atoms with Gasteiger partial charge in [-0.2, -0.15) is 0 Å². The number of para-hydroxylation sites is 1. The molecule has 3 aromatic rings. The minimum Gasteiger partial charge on any atom is -0.480 e. The SMILES string of the molecule is N[C@@H](Cc1cn(NCc2ccccc2)c2ccccc12)C(=O)O. The fourth-order valence-electron chi connectivity index (χ4n) is 2.64. The summed E-state index contributed by atoms with van der Waals surface area (Å²) < 4.78 is 1.94. The first kappa shape index (κ1) is 15.1. The van der Waals surface area contributed by atoms with E-state index in [4.69, 9.17) is 10.8 Å². The van der Waals surface area contributed by atoms with Crippen molar-refractivity contribution in [1.29, 1.82) is 0 Å². The van der Waals surface area contributed by atoms with E-state index in [1.165, 1.54) is 5.56 Å². The third-order valence-corrected chi connectivity index (χ3v) is 3.85. The lowest BCUT2D eigenvalue weighted by molar-refractivity contribution is -0.138. The van der Waals surface area contributed by atoms with Crippen molar-refractivity contribution < 1.29 is 9.90 Å². The predicted molar refractivity (Wildman–Crippen MR) is 90.8 cm³/mol. The zero-order valence-electron chi connectivity index (χ0n) is 12.6. The lowest BCUT2D eigenvalue weighted by Crippen LogP contribution is -2.32. The lowest BCUT2D eigenvalue weighted by atomic mass is 10.1. The zero-order chi connectivity index (χ0) is 16.2. The molecule has 0 radical (unpaired) electrons. The van der Waals surface area contributed by atoms with E-state index < -0.39 is 12.0 Å². The van der Waals surface area contributed by atoms with Crippen LogP contribution in [0.4, 0.5) is 0 Å². The van der Waals surface area contributed by atoms with Gasteiger partial charge in [0.25, 0.3) is 0 Å². The number of nitrogens with two attached hydrogens (primary N) is 1. The second-order valence-corrected chi connectivity index (χ2v) is 5.51. The van der Waals surface area contributed by atoms with E-state index >= 15 is 0 Å². The number of carbonyl (C=O) groups is 1. The molecule has 4 N–H and O–H groups in total. The molecule has 0 aliphatic rings. The van der Waals surface area contributed by atoms with Crippen LogP contribution in [0.3, 0.4) is 0 Å². The fraction of sp³-hybridized carbons (Fsp3) is 0.167. The molecule has 1 atom stereocenters. The van der Waals surface area contributed by atoms with Crippen molar-refractivity contribution >= 4 is 16.9 Å². The van der Waals surface area contributed by atoms with Crippen LogP contribution in [-0.4, -0.2) is 21.8 Å². The van der Waals surface area contributed by atoms with Crippen LogP contribution in [-0.2, 0) is 17.8 Å². The smallest absolute Gasteiger partial charge is 0.320 e. The summed E-state index contributed by atoms with van der Waals surface area (Å²) in [7, 11) is 0. The Bertz CT molecular complexity index is 812. The number of carboxylic acids is 1. The van der Waals surface area contributed by atoms with Crippen LogP contribution in [0.2, 0.25) is 0 Å². The number of carboxylic acid groups (broad SMARTS) is 1. The highest BCUT2D eigenvalue weighted by molar-refractivity contribution is 5.85. The standard InChI is InChI=1S/C18H19N3O2/c19-16(18(22)23)10-14-12-21(17-9-5-4-8-15(14)17)20-11-13-6-2-1-3-7-13/h1-9,12,16,20H,10-11,19H2,(H,22,23)/t16-/m0/s1. The molecular formula is C18H19N3O2. The van der Waals surface area contributed by atoms with E-state index in [9.17, 15) is 4.79 Å². The summed E-state index contributed by atoms with van der Waals surface area (Å²) in [6.07, 6.45) is 2.23. The third kappa shape index (κ3) is 3.35. The molecule has 118 valence electrons. The Hall–Kier alpha value is -2.79. The molecular weight excluding hydrogens is 290 g/mol. The Kier molecular flexibility index (Phi) is 4.30. The van der Waals surface area contributed by atoms with Gasteiger partial charge in [-0.1, -0.05) is 48.5 Å². The Morgan fingerprint density at radius 1 is 1.13 bits per heavy atom. The van der Waals surface area contributed by atoms with E-state index in [0.717, 1.165) is 16.5 Å². The Morgan fingerprint density at radius 3 is 2.57 bits per heavy atom. The Morgan fingerprint density at radius 2 is 1.83 bits per heavy atom. The Balaban J connectivity index is 1.87. The number of aromatic nitrogens is 1. The normalized spacial score (nSPS) is 12.2. The van der Waals surface area contributed by atoms with Gasteiger partial charge in [0.15, 0.2) is 0 Å². The highest BCUT2D eigenvalue weighted by atomic mass is 16.4. The van der Waals surface area contributed by atoms with Gasteiger partial charge in [0.1, 0.15) is 6.04 Å². The second kappa shape index (κ2) is 6.54. The van der Waals surface area contributed by atoms with Crippen molar-refractivity contribution in [3.8, 4) is 0 Å². The molecule has 5 heteroatoms. The van der Waals surface area contributed by atoms with Gasteiger partial charge in [-0.3, -0.25) is 9.47 Å². The number of aliphatic carboxylic acids is 1. The monoisotopic (exact) mass is 309 g/mol. The van der Waals surface area contributed by atoms with Crippen molar-refractivity contribution in [2.24, 2.45) is 5.73 Å². The average Bonchev–Trinajstić information content (AvgIpc) is 2.92. The van der Waals surface area contributed by atoms with Crippen LogP contribution >= 0.6 is 0 Å². The summed E-state index contributed by atoms with van der Waals surface area (Å²) in [5.74, 6) is -0.987. The number of rotatable bonds is 6. The molecule has 1 heterocycles. The molecule has 0 spiro atoms. The molecule has 1 aromatic heterocycles. The van der Waals surface area contributed by atoms with E-state index in [1.807, 2.05) is 53.3 Å². The van der Waals surface area contributed by atoms with Gasteiger partial charge in [-0.15, -0.1) is 0 Å². The first-order chi connectivity index (χ1) is 11.1. The molecule has 0 fully saturated rings. The molecule has 2 aromatic carbocycles. The van der Waals surface area contributed by atoms with Crippen molar-refractivity contribution in [3.63, 3.8) is 0 Å². The van der Waals surface area contributed by atoms with Gasteiger partial charge in [0.2, 0.25) is 0 Å². The van der Waals surface area contributed by atoms with Crippen LogP contribution < -0.4 is 11.2 Å². The molecule has 0 saturated heterocycles. The quantitative estimate of drug-likeness (QED) is 0.653. The number of benzene rings is 2. The maximum Gasteiger partial charge on any atom is 0.320 e. The van der Waals surface area contributed by atoms with E-state index in [2.05, 4.69) is 17.6 Å². The lowest BCUT2D eigenvalue weighted by Gasteiger charge is -2.09. The largest absolute Gasteiger partial charge is 0.480 e. The molecule has 0 bridgehead atoms. The van der Waals surface area contributed by atoms with Gasteiger partial charge < -0.3 is 16.3 Å². The molecule has 0 saturated carbocycles. The van der Waals surface area contributed by atoms with E-state index in [1.54, 1.807) is 0 Å². The van der Waals surface area contributed by atoms with Gasteiger partial charge in [-0.05, 0) is 17.2 Å². The maximum atomic E-state index is 11.0. The minimum absolute atomic E-state index is 0.301. The molecule has 0 amide bonds. The topological polar surface area (TPSA) is 80.3 Å². The molecule has 23 heavy (non-hydrogen) atoms. The molecule has 3 rings (SSSR count). The first-order valence-corrected chi connectivity index (χ1v) is 7.50. The average molecular weight is 309 g/mol. The number of nitrogens with zero attached hydrogens (tertiary/aromatic N) is 1. The van der Waals surface area contributed by atoms with Crippen LogP contribution in [0, 0.1) is 0 Å². The van der Waals surface area contributed by atoms with Crippen molar-refractivity contribution in [1.82, 2.24) is 4.68 Å². The summed E-state index contributed by atoms with van der Waals surface area (Å²) >= 11 is 0. The number of hydrogen-bond donors (Lipinski definition) is 3. The number of fused-ring (bicyclic) bond motifs is 1. The van der Waals surface area contributed by atoms with Crippen LogP contribution in [0.1, 0.15) is 11.1 Å². The minimum atomic E-state index is -0.987. The van der Waals surface area contributed by atoms with Crippen LogP contribution in [0.25, 0.3) is 10.9 Å². The zero-order valence-corrected chi connectivity index (χ0v) is 12.6. The number of hydrogen-bond acceptors (Lipinski definition) is 3. The summed E-state index contributed by atoms with van der Waals surface area (Å²) in [5, 5.41) is 10.0. The van der Waals surface area contributed by atoms with Gasteiger partial charge >= 0.3 is 5.97 Å². The number of nitrogens with one attached hydrogen (secondary N) is 1. The third-order valence-electron chi connectivity index (χ3n) is 3.85. The molecule has 5 nitrogen and oxygen atoms in total. The van der Waals surface area contributed by atoms with Crippen molar-refractivity contribution in [2.45, 2.75) is 19.0 Å². The van der Waals surface area contributed by atoms with E-state index in [-0.39, 0.29) is 0 Å². The fourth-order valence-corrected chi connectivity index (χ4v) is 2.64. The summed E-state index contributed by atoms with van der Waals surface area (Å²) in [5.41, 5.74) is 12.2. The molecule has 0 unspecified atom stereocenters. The molecule has 0 aliphatic carbocycles. The second-order valence-electron chi connectivity index (χ2n) is 5.51. The van der Waals surface area contributed by atoms with Crippen LogP contribution in [0.5, 0.6) is 0 Å². The van der Waals surface area contributed by atoms with Gasteiger partial charge in [0.05, 0.1) is 12.1 Å². The first-order valence-electron chi connectivity index (χ1n) is 7.50. The summed E-state index contributed by atoms with van der Waals surface area (Å²) in [4.78, 5) is 11.0. The van der Waals surface area contributed by atoms with Crippen molar-refractivity contribution in [3.05, 3.63) is 71.9 Å².